The number of rotatable bonds is 5. The van der Waals surface area contributed by atoms with Crippen molar-refractivity contribution in [2.45, 2.75) is 75.6 Å². The van der Waals surface area contributed by atoms with Crippen molar-refractivity contribution in [3.05, 3.63) is 30.3 Å². The van der Waals surface area contributed by atoms with E-state index in [9.17, 15) is 13.2 Å². The number of pyridine rings is 1. The molecule has 2 saturated heterocycles. The minimum atomic E-state index is -3.47. The van der Waals surface area contributed by atoms with E-state index in [1.807, 2.05) is 18.2 Å². The van der Waals surface area contributed by atoms with Crippen LogP contribution in [0.2, 0.25) is 0 Å². The number of anilines is 1. The highest BCUT2D eigenvalue weighted by Gasteiger charge is 2.30. The Morgan fingerprint density at radius 1 is 0.943 bits per heavy atom. The standard InChI is InChI=1S/C27H38N4O3S/c1-20-7-10-23(11-8-20)28-27(32)22-6-5-15-30(19-22)26-14-9-21-18-24(12-13-25(21)29-26)35(33,34)31-16-3-2-4-17-31/h9,12-14,18,20,22-23H,2-8,10-11,15-17,19H2,1H3,(H,28,32). The van der Waals surface area contributed by atoms with Crippen LogP contribution in [-0.4, -0.2) is 55.8 Å². The van der Waals surface area contributed by atoms with Gasteiger partial charge in [0.15, 0.2) is 0 Å². The Labute approximate surface area is 209 Å². The molecule has 0 spiro atoms. The Morgan fingerprint density at radius 2 is 1.71 bits per heavy atom. The molecule has 1 unspecified atom stereocenters. The molecule has 3 fully saturated rings. The lowest BCUT2D eigenvalue weighted by Gasteiger charge is -2.34. The van der Waals surface area contributed by atoms with Crippen LogP contribution < -0.4 is 10.2 Å². The molecule has 1 atom stereocenters. The Morgan fingerprint density at radius 3 is 2.49 bits per heavy atom. The van der Waals surface area contributed by atoms with Crippen LogP contribution in [-0.2, 0) is 14.8 Å². The summed E-state index contributed by atoms with van der Waals surface area (Å²) in [5.74, 6) is 1.79. The van der Waals surface area contributed by atoms with E-state index in [0.717, 1.165) is 74.1 Å². The zero-order valence-electron chi connectivity index (χ0n) is 20.8. The van der Waals surface area contributed by atoms with E-state index >= 15 is 0 Å². The van der Waals surface area contributed by atoms with Crippen molar-refractivity contribution in [3.63, 3.8) is 0 Å². The highest BCUT2D eigenvalue weighted by molar-refractivity contribution is 7.89. The maximum Gasteiger partial charge on any atom is 0.243 e. The Hall–Kier alpha value is -2.19. The highest BCUT2D eigenvalue weighted by atomic mass is 32.2. The predicted octanol–water partition coefficient (Wildman–Crippen LogP) is 4.32. The van der Waals surface area contributed by atoms with Gasteiger partial charge in [-0.15, -0.1) is 0 Å². The second-order valence-electron chi connectivity index (χ2n) is 10.7. The molecule has 190 valence electrons. The van der Waals surface area contributed by atoms with E-state index in [2.05, 4.69) is 17.1 Å². The summed E-state index contributed by atoms with van der Waals surface area (Å²) in [6.45, 7) is 5.05. The van der Waals surface area contributed by atoms with Gasteiger partial charge < -0.3 is 10.2 Å². The zero-order valence-corrected chi connectivity index (χ0v) is 21.6. The Balaban J connectivity index is 1.27. The van der Waals surface area contributed by atoms with Gasteiger partial charge in [-0.25, -0.2) is 13.4 Å². The first-order valence-corrected chi connectivity index (χ1v) is 14.8. The third kappa shape index (κ3) is 5.48. The van der Waals surface area contributed by atoms with Gasteiger partial charge in [-0.3, -0.25) is 4.79 Å². The molecule has 2 aromatic rings. The Bertz CT molecular complexity index is 1150. The first kappa shape index (κ1) is 24.5. The number of carbonyl (C=O) groups is 1. The van der Waals surface area contributed by atoms with Crippen LogP contribution >= 0.6 is 0 Å². The smallest absolute Gasteiger partial charge is 0.243 e. The summed E-state index contributed by atoms with van der Waals surface area (Å²) >= 11 is 0. The normalized spacial score (nSPS) is 26.5. The molecule has 5 rings (SSSR count). The number of amides is 1. The van der Waals surface area contributed by atoms with E-state index in [1.54, 1.807) is 16.4 Å². The minimum absolute atomic E-state index is 0.0161. The number of fused-ring (bicyclic) bond motifs is 1. The van der Waals surface area contributed by atoms with Crippen molar-refractivity contribution >= 4 is 32.7 Å². The van der Waals surface area contributed by atoms with Crippen LogP contribution in [0.15, 0.2) is 35.2 Å². The summed E-state index contributed by atoms with van der Waals surface area (Å²) in [6.07, 6.45) is 9.39. The fourth-order valence-electron chi connectivity index (χ4n) is 5.81. The third-order valence-corrected chi connectivity index (χ3v) is 9.97. The average molecular weight is 499 g/mol. The van der Waals surface area contributed by atoms with Crippen LogP contribution in [0.25, 0.3) is 10.9 Å². The van der Waals surface area contributed by atoms with Crippen molar-refractivity contribution in [2.24, 2.45) is 11.8 Å². The topological polar surface area (TPSA) is 82.6 Å². The van der Waals surface area contributed by atoms with Crippen molar-refractivity contribution in [1.29, 1.82) is 0 Å². The number of nitrogens with one attached hydrogen (secondary N) is 1. The molecule has 35 heavy (non-hydrogen) atoms. The summed E-state index contributed by atoms with van der Waals surface area (Å²) in [6, 6.07) is 9.48. The molecule has 1 N–H and O–H groups in total. The number of aromatic nitrogens is 1. The molecular formula is C27H38N4O3S. The van der Waals surface area contributed by atoms with E-state index in [4.69, 9.17) is 4.98 Å². The summed E-state index contributed by atoms with van der Waals surface area (Å²) < 4.78 is 27.7. The fraction of sp³-hybridized carbons (Fsp3) is 0.630. The third-order valence-electron chi connectivity index (χ3n) is 8.08. The molecule has 7 nitrogen and oxygen atoms in total. The van der Waals surface area contributed by atoms with Crippen molar-refractivity contribution in [2.75, 3.05) is 31.1 Å². The van der Waals surface area contributed by atoms with Gasteiger partial charge >= 0.3 is 0 Å². The quantitative estimate of drug-likeness (QED) is 0.664. The lowest BCUT2D eigenvalue weighted by atomic mass is 9.87. The number of carbonyl (C=O) groups excluding carboxylic acids is 1. The maximum absolute atomic E-state index is 13.1. The van der Waals surface area contributed by atoms with E-state index in [-0.39, 0.29) is 11.8 Å². The molecular weight excluding hydrogens is 460 g/mol. The molecule has 1 aromatic carbocycles. The van der Waals surface area contributed by atoms with Gasteiger partial charge in [-0.1, -0.05) is 13.3 Å². The van der Waals surface area contributed by atoms with Crippen LogP contribution in [0.1, 0.15) is 64.7 Å². The van der Waals surface area contributed by atoms with E-state index in [0.29, 0.717) is 30.6 Å². The first-order chi connectivity index (χ1) is 16.9. The largest absolute Gasteiger partial charge is 0.356 e. The van der Waals surface area contributed by atoms with Gasteiger partial charge in [0, 0.05) is 37.6 Å². The second-order valence-corrected chi connectivity index (χ2v) is 12.7. The predicted molar refractivity (Wildman–Crippen MR) is 139 cm³/mol. The van der Waals surface area contributed by atoms with Gasteiger partial charge in [0.05, 0.1) is 16.3 Å². The van der Waals surface area contributed by atoms with Gasteiger partial charge in [-0.05, 0) is 87.6 Å². The van der Waals surface area contributed by atoms with Crippen molar-refractivity contribution < 1.29 is 13.2 Å². The SMILES string of the molecule is CC1CCC(NC(=O)C2CCCN(c3ccc4cc(S(=O)(=O)N5CCCCC5)ccc4n3)C2)CC1. The number of nitrogens with zero attached hydrogens (tertiary/aromatic N) is 3. The van der Waals surface area contributed by atoms with Gasteiger partial charge in [0.25, 0.3) is 0 Å². The van der Waals surface area contributed by atoms with Crippen LogP contribution in [0, 0.1) is 11.8 Å². The molecule has 8 heteroatoms. The minimum Gasteiger partial charge on any atom is -0.356 e. The number of benzene rings is 1. The molecule has 0 radical (unpaired) electrons. The summed E-state index contributed by atoms with van der Waals surface area (Å²) in [5, 5.41) is 4.13. The van der Waals surface area contributed by atoms with Crippen LogP contribution in [0.3, 0.4) is 0 Å². The van der Waals surface area contributed by atoms with Crippen molar-refractivity contribution in [1.82, 2.24) is 14.6 Å². The summed E-state index contributed by atoms with van der Waals surface area (Å²) in [4.78, 5) is 20.4. The van der Waals surface area contributed by atoms with Gasteiger partial charge in [-0.2, -0.15) is 4.31 Å². The molecule has 3 heterocycles. The summed E-state index contributed by atoms with van der Waals surface area (Å²) in [5.41, 5.74) is 0.781. The lowest BCUT2D eigenvalue weighted by molar-refractivity contribution is -0.126. The Kier molecular flexibility index (Phi) is 7.30. The first-order valence-electron chi connectivity index (χ1n) is 13.4. The number of piperidine rings is 2. The molecule has 0 bridgehead atoms. The summed E-state index contributed by atoms with van der Waals surface area (Å²) in [7, 11) is -3.47. The number of hydrogen-bond donors (Lipinski definition) is 1. The molecule has 1 aromatic heterocycles. The van der Waals surface area contributed by atoms with E-state index in [1.165, 1.54) is 12.8 Å². The number of sulfonamides is 1. The molecule has 3 aliphatic rings. The molecule has 2 aliphatic heterocycles. The van der Waals surface area contributed by atoms with Gasteiger partial charge in [0.2, 0.25) is 15.9 Å². The molecule has 1 aliphatic carbocycles. The highest BCUT2D eigenvalue weighted by Crippen LogP contribution is 2.28. The monoisotopic (exact) mass is 498 g/mol. The number of hydrogen-bond acceptors (Lipinski definition) is 5. The van der Waals surface area contributed by atoms with Crippen molar-refractivity contribution in [3.8, 4) is 0 Å². The lowest BCUT2D eigenvalue weighted by Crippen LogP contribution is -2.47. The molecule has 1 amide bonds. The van der Waals surface area contributed by atoms with Crippen LogP contribution in [0.5, 0.6) is 0 Å². The fourth-order valence-corrected chi connectivity index (χ4v) is 7.36. The van der Waals surface area contributed by atoms with E-state index < -0.39 is 10.0 Å². The van der Waals surface area contributed by atoms with Gasteiger partial charge in [0.1, 0.15) is 5.82 Å². The second kappa shape index (κ2) is 10.4. The van der Waals surface area contributed by atoms with Crippen LogP contribution in [0.4, 0.5) is 5.82 Å². The molecule has 1 saturated carbocycles. The zero-order chi connectivity index (χ0) is 24.4. The average Bonchev–Trinajstić information content (AvgIpc) is 2.90. The maximum atomic E-state index is 13.1.